The Labute approximate surface area is 457 Å². The van der Waals surface area contributed by atoms with E-state index in [1.807, 2.05) is 0 Å². The summed E-state index contributed by atoms with van der Waals surface area (Å²) in [5, 5.41) is 23.2. The Morgan fingerprint density at radius 1 is 0.370 bits per heavy atom. The summed E-state index contributed by atoms with van der Waals surface area (Å²) in [6, 6.07) is -0.537. The van der Waals surface area contributed by atoms with Crippen LogP contribution in [-0.2, 0) is 14.3 Å². The minimum atomic E-state index is -0.660. The molecule has 0 fully saturated rings. The molecule has 0 saturated heterocycles. The number of allylic oxidation sites excluding steroid dienone is 2. The van der Waals surface area contributed by atoms with E-state index in [0.717, 1.165) is 44.9 Å². The van der Waals surface area contributed by atoms with Crippen LogP contribution in [0.25, 0.3) is 0 Å². The molecule has 0 bridgehead atoms. The molecule has 2 atom stereocenters. The zero-order valence-electron chi connectivity index (χ0n) is 49.6. The van der Waals surface area contributed by atoms with E-state index in [1.54, 1.807) is 0 Å². The molecular weight excluding hydrogens is 899 g/mol. The summed E-state index contributed by atoms with van der Waals surface area (Å²) < 4.78 is 5.49. The Bertz CT molecular complexity index is 1100. The van der Waals surface area contributed by atoms with Gasteiger partial charge in [0, 0.05) is 12.8 Å². The van der Waals surface area contributed by atoms with Gasteiger partial charge >= 0.3 is 5.97 Å². The second kappa shape index (κ2) is 63.1. The summed E-state index contributed by atoms with van der Waals surface area (Å²) in [7, 11) is 0. The summed E-state index contributed by atoms with van der Waals surface area (Å²) >= 11 is 0. The lowest BCUT2D eigenvalue weighted by Crippen LogP contribution is -2.45. The molecule has 0 aliphatic heterocycles. The predicted octanol–water partition coefficient (Wildman–Crippen LogP) is 21.2. The molecule has 0 rings (SSSR count). The topological polar surface area (TPSA) is 95.9 Å². The van der Waals surface area contributed by atoms with E-state index in [0.29, 0.717) is 25.9 Å². The molecule has 1 amide bonds. The summed E-state index contributed by atoms with van der Waals surface area (Å²) in [6.45, 7) is 4.97. The van der Waals surface area contributed by atoms with Crippen molar-refractivity contribution in [1.82, 2.24) is 5.32 Å². The Hall–Kier alpha value is -1.40. The predicted molar refractivity (Wildman–Crippen MR) is 320 cm³/mol. The fraction of sp³-hybridized carbons (Fsp3) is 0.940. The van der Waals surface area contributed by atoms with E-state index in [-0.39, 0.29) is 18.5 Å². The third kappa shape index (κ3) is 59.7. The van der Waals surface area contributed by atoms with E-state index in [9.17, 15) is 19.8 Å². The van der Waals surface area contributed by atoms with Crippen LogP contribution in [0.3, 0.4) is 0 Å². The first-order valence-electron chi connectivity index (χ1n) is 33.4. The molecule has 6 heteroatoms. The lowest BCUT2D eigenvalue weighted by molar-refractivity contribution is -0.143. The number of esters is 1. The number of rotatable bonds is 63. The fourth-order valence-electron chi connectivity index (χ4n) is 10.7. The van der Waals surface area contributed by atoms with Crippen LogP contribution in [0, 0.1) is 0 Å². The van der Waals surface area contributed by atoms with Gasteiger partial charge in [-0.2, -0.15) is 0 Å². The van der Waals surface area contributed by atoms with Gasteiger partial charge in [-0.3, -0.25) is 9.59 Å². The van der Waals surface area contributed by atoms with Crippen LogP contribution in [0.15, 0.2) is 12.2 Å². The lowest BCUT2D eigenvalue weighted by atomic mass is 10.0. The minimum absolute atomic E-state index is 0.0121. The zero-order valence-corrected chi connectivity index (χ0v) is 49.6. The Morgan fingerprint density at radius 3 is 0.973 bits per heavy atom. The number of aliphatic hydroxyl groups excluding tert-OH is 2. The molecule has 6 nitrogen and oxygen atoms in total. The molecule has 0 radical (unpaired) electrons. The van der Waals surface area contributed by atoms with Crippen LogP contribution in [0.5, 0.6) is 0 Å². The maximum absolute atomic E-state index is 12.5. The molecule has 0 aromatic rings. The molecule has 434 valence electrons. The van der Waals surface area contributed by atoms with E-state index < -0.39 is 12.1 Å². The number of carbonyl (C=O) groups excluding carboxylic acids is 2. The first-order valence-corrected chi connectivity index (χ1v) is 33.4. The largest absolute Gasteiger partial charge is 0.466 e. The molecule has 0 aromatic heterocycles. The van der Waals surface area contributed by atoms with Crippen molar-refractivity contribution >= 4 is 11.9 Å². The van der Waals surface area contributed by atoms with Gasteiger partial charge in [-0.1, -0.05) is 328 Å². The molecule has 0 aromatic carbocycles. The van der Waals surface area contributed by atoms with Gasteiger partial charge in [0.2, 0.25) is 5.91 Å². The van der Waals surface area contributed by atoms with Crippen LogP contribution in [0.1, 0.15) is 380 Å². The van der Waals surface area contributed by atoms with Gasteiger partial charge in [0.25, 0.3) is 0 Å². The Morgan fingerprint density at radius 2 is 0.644 bits per heavy atom. The van der Waals surface area contributed by atoms with Crippen LogP contribution >= 0.6 is 0 Å². The van der Waals surface area contributed by atoms with Crippen molar-refractivity contribution < 1.29 is 24.5 Å². The molecule has 73 heavy (non-hydrogen) atoms. The SMILES string of the molecule is CCCCCCCCC/C=C\CCCCCCCC(=O)OCCCCCCCCCCCCCCCCCCCCCCCCCCCCCCC(=O)NC(CO)C(O)CCCCCCCCCCCCCC. The molecule has 0 saturated carbocycles. The highest BCUT2D eigenvalue weighted by Gasteiger charge is 2.20. The number of unbranched alkanes of at least 4 members (excludes halogenated alkanes) is 50. The van der Waals surface area contributed by atoms with E-state index in [1.165, 1.54) is 302 Å². The quantitative estimate of drug-likeness (QED) is 0.0320. The van der Waals surface area contributed by atoms with Gasteiger partial charge in [0.1, 0.15) is 0 Å². The summed E-state index contributed by atoms with van der Waals surface area (Å²) in [6.07, 6.45) is 76.8. The number of nitrogens with one attached hydrogen (secondary N) is 1. The van der Waals surface area contributed by atoms with Crippen molar-refractivity contribution in [3.05, 3.63) is 12.2 Å². The number of ether oxygens (including phenoxy) is 1. The van der Waals surface area contributed by atoms with Gasteiger partial charge in [0.15, 0.2) is 0 Å². The highest BCUT2D eigenvalue weighted by molar-refractivity contribution is 5.76. The standard InChI is InChI=1S/C67H131NO5/c1-3-5-7-9-11-13-15-17-18-34-37-41-45-49-53-57-61-67(72)73-62-58-54-50-46-42-38-35-32-30-28-26-24-22-20-19-21-23-25-27-29-31-33-36-40-44-48-52-56-60-66(71)68-64(63-69)65(70)59-55-51-47-43-39-16-14-12-10-8-6-4-2/h18,34,64-65,69-70H,3-17,19-33,35-63H2,1-2H3,(H,68,71)/b34-18-. The number of amides is 1. The number of aliphatic hydroxyl groups is 2. The molecule has 0 aliphatic carbocycles. The average molecular weight is 1030 g/mol. The zero-order chi connectivity index (χ0) is 52.9. The Balaban J connectivity index is 3.31. The second-order valence-corrected chi connectivity index (χ2v) is 23.2. The minimum Gasteiger partial charge on any atom is -0.466 e. The van der Waals surface area contributed by atoms with Crippen molar-refractivity contribution in [2.24, 2.45) is 0 Å². The molecule has 3 N–H and O–H groups in total. The molecule has 0 heterocycles. The van der Waals surface area contributed by atoms with Gasteiger partial charge < -0.3 is 20.3 Å². The lowest BCUT2D eigenvalue weighted by Gasteiger charge is -2.22. The van der Waals surface area contributed by atoms with Gasteiger partial charge in [-0.15, -0.1) is 0 Å². The van der Waals surface area contributed by atoms with Crippen molar-refractivity contribution in [2.45, 2.75) is 392 Å². The highest BCUT2D eigenvalue weighted by atomic mass is 16.5. The van der Waals surface area contributed by atoms with Crippen molar-refractivity contribution in [3.8, 4) is 0 Å². The third-order valence-electron chi connectivity index (χ3n) is 15.8. The first-order chi connectivity index (χ1) is 36.0. The van der Waals surface area contributed by atoms with Crippen LogP contribution < -0.4 is 5.32 Å². The van der Waals surface area contributed by atoms with Crippen molar-refractivity contribution in [3.63, 3.8) is 0 Å². The summed E-state index contributed by atoms with van der Waals surface area (Å²) in [5.74, 6) is -0.0181. The molecule has 2 unspecified atom stereocenters. The fourth-order valence-corrected chi connectivity index (χ4v) is 10.7. The maximum atomic E-state index is 12.5. The average Bonchev–Trinajstić information content (AvgIpc) is 3.39. The normalized spacial score (nSPS) is 12.5. The first kappa shape index (κ1) is 71.6. The molecular formula is C67H131NO5. The summed E-state index contributed by atoms with van der Waals surface area (Å²) in [5.41, 5.74) is 0. The molecule has 0 aliphatic rings. The summed E-state index contributed by atoms with van der Waals surface area (Å²) in [4.78, 5) is 24.5. The van der Waals surface area contributed by atoms with Gasteiger partial charge in [0.05, 0.1) is 25.4 Å². The monoisotopic (exact) mass is 1030 g/mol. The number of hydrogen-bond acceptors (Lipinski definition) is 5. The smallest absolute Gasteiger partial charge is 0.305 e. The van der Waals surface area contributed by atoms with E-state index in [4.69, 9.17) is 4.74 Å². The van der Waals surface area contributed by atoms with Gasteiger partial charge in [-0.05, 0) is 51.4 Å². The second-order valence-electron chi connectivity index (χ2n) is 23.2. The van der Waals surface area contributed by atoms with Crippen molar-refractivity contribution in [1.29, 1.82) is 0 Å². The Kier molecular flexibility index (Phi) is 61.9. The third-order valence-corrected chi connectivity index (χ3v) is 15.8. The van der Waals surface area contributed by atoms with Crippen LogP contribution in [0.2, 0.25) is 0 Å². The van der Waals surface area contributed by atoms with Crippen LogP contribution in [0.4, 0.5) is 0 Å². The van der Waals surface area contributed by atoms with E-state index in [2.05, 4.69) is 31.3 Å². The number of carbonyl (C=O) groups is 2. The maximum Gasteiger partial charge on any atom is 0.305 e. The number of hydrogen-bond donors (Lipinski definition) is 3. The van der Waals surface area contributed by atoms with E-state index >= 15 is 0 Å². The highest BCUT2D eigenvalue weighted by Crippen LogP contribution is 2.19. The van der Waals surface area contributed by atoms with Crippen molar-refractivity contribution in [2.75, 3.05) is 13.2 Å². The van der Waals surface area contributed by atoms with Gasteiger partial charge in [-0.25, -0.2) is 0 Å². The van der Waals surface area contributed by atoms with Crippen LogP contribution in [-0.4, -0.2) is 47.4 Å². The molecule has 0 spiro atoms.